The highest BCUT2D eigenvalue weighted by Gasteiger charge is 2.15. The van der Waals surface area contributed by atoms with E-state index in [-0.39, 0.29) is 5.15 Å². The maximum Gasteiger partial charge on any atom is 0.255 e. The minimum Gasteiger partial charge on any atom is -0.489 e. The predicted molar refractivity (Wildman–Crippen MR) is 97.0 cm³/mol. The molecule has 2 heterocycles. The zero-order valence-electron chi connectivity index (χ0n) is 12.9. The molecule has 0 amide bonds. The maximum absolute atomic E-state index is 6.41. The van der Waals surface area contributed by atoms with Gasteiger partial charge in [0.2, 0.25) is 0 Å². The molecule has 0 spiro atoms. The van der Waals surface area contributed by atoms with Crippen molar-refractivity contribution in [3.63, 3.8) is 0 Å². The Hall–Kier alpha value is -2.63. The smallest absolute Gasteiger partial charge is 0.255 e. The van der Waals surface area contributed by atoms with Gasteiger partial charge >= 0.3 is 0 Å². The summed E-state index contributed by atoms with van der Waals surface area (Å²) in [5.74, 6) is 1.12. The van der Waals surface area contributed by atoms with E-state index in [4.69, 9.17) is 27.9 Å². The molecule has 2 aromatic carbocycles. The number of halogens is 2. The number of fused-ring (bicyclic) bond motifs is 1. The van der Waals surface area contributed by atoms with Gasteiger partial charge in [-0.3, -0.25) is 0 Å². The van der Waals surface area contributed by atoms with Gasteiger partial charge < -0.3 is 4.74 Å². The van der Waals surface area contributed by atoms with Gasteiger partial charge in [-0.05, 0) is 23.3 Å². The second-order valence-corrected chi connectivity index (χ2v) is 6.05. The zero-order chi connectivity index (χ0) is 17.2. The Morgan fingerprint density at radius 1 is 0.960 bits per heavy atom. The van der Waals surface area contributed by atoms with Gasteiger partial charge in [-0.25, -0.2) is 0 Å². The van der Waals surface area contributed by atoms with E-state index in [1.54, 1.807) is 0 Å². The first-order chi connectivity index (χ1) is 12.2. The van der Waals surface area contributed by atoms with Crippen molar-refractivity contribution in [1.29, 1.82) is 0 Å². The molecule has 25 heavy (non-hydrogen) atoms. The molecule has 0 N–H and O–H groups in total. The van der Waals surface area contributed by atoms with Gasteiger partial charge in [-0.1, -0.05) is 65.7 Å². The van der Waals surface area contributed by atoms with Crippen LogP contribution in [-0.4, -0.2) is 19.6 Å². The molecule has 7 heteroatoms. The first-order valence-corrected chi connectivity index (χ1v) is 8.30. The first kappa shape index (κ1) is 15.9. The molecule has 0 unspecified atom stereocenters. The average Bonchev–Trinajstić information content (AvgIpc) is 3.10. The lowest BCUT2D eigenvalue weighted by atomic mass is 10.1. The van der Waals surface area contributed by atoms with Crippen LogP contribution in [0, 0.1) is 0 Å². The third-order valence-electron chi connectivity index (χ3n) is 3.72. The van der Waals surface area contributed by atoms with E-state index in [9.17, 15) is 0 Å². The van der Waals surface area contributed by atoms with Crippen LogP contribution in [0.1, 0.15) is 5.56 Å². The molecule has 4 rings (SSSR count). The Kier molecular flexibility index (Phi) is 4.26. The molecule has 0 aliphatic carbocycles. The molecule has 0 aliphatic rings. The van der Waals surface area contributed by atoms with Crippen molar-refractivity contribution in [2.45, 2.75) is 6.61 Å². The summed E-state index contributed by atoms with van der Waals surface area (Å²) in [6, 6.07) is 17.5. The second kappa shape index (κ2) is 6.70. The number of nitrogens with zero attached hydrogens (tertiary/aromatic N) is 4. The summed E-state index contributed by atoms with van der Waals surface area (Å²) in [5.41, 5.74) is 2.54. The molecule has 0 atom stereocenters. The SMILES string of the molecule is Clc1nc2ncnn2c(Cl)c1-c1ccc(OCc2ccccc2)cc1. The van der Waals surface area contributed by atoms with E-state index in [0.717, 1.165) is 16.9 Å². The number of rotatable bonds is 4. The van der Waals surface area contributed by atoms with Crippen molar-refractivity contribution >= 4 is 29.0 Å². The summed E-state index contributed by atoms with van der Waals surface area (Å²) >= 11 is 12.7. The number of hydrogen-bond donors (Lipinski definition) is 0. The molecular formula is C18H12Cl2N4O. The Morgan fingerprint density at radius 2 is 1.72 bits per heavy atom. The molecule has 0 radical (unpaired) electrons. The van der Waals surface area contributed by atoms with Crippen LogP contribution >= 0.6 is 23.2 Å². The van der Waals surface area contributed by atoms with E-state index in [1.165, 1.54) is 10.8 Å². The predicted octanol–water partition coefficient (Wildman–Crippen LogP) is 4.68. The zero-order valence-corrected chi connectivity index (χ0v) is 14.4. The van der Waals surface area contributed by atoms with Crippen molar-refractivity contribution in [3.05, 3.63) is 76.8 Å². The third-order valence-corrected chi connectivity index (χ3v) is 4.34. The standard InChI is InChI=1S/C18H12Cl2N4O/c19-16-15(17(20)24-18(23-16)21-11-22-24)13-6-8-14(9-7-13)25-10-12-4-2-1-3-5-12/h1-9,11H,10H2. The molecule has 5 nitrogen and oxygen atoms in total. The molecule has 2 aromatic heterocycles. The minimum absolute atomic E-state index is 0.281. The van der Waals surface area contributed by atoms with Gasteiger partial charge in [-0.2, -0.15) is 19.6 Å². The van der Waals surface area contributed by atoms with Crippen molar-refractivity contribution in [2.24, 2.45) is 0 Å². The fourth-order valence-corrected chi connectivity index (χ4v) is 3.12. The lowest BCUT2D eigenvalue weighted by Gasteiger charge is -2.10. The summed E-state index contributed by atoms with van der Waals surface area (Å²) in [5, 5.41) is 4.70. The van der Waals surface area contributed by atoms with E-state index < -0.39 is 0 Å². The van der Waals surface area contributed by atoms with Crippen molar-refractivity contribution in [2.75, 3.05) is 0 Å². The van der Waals surface area contributed by atoms with Gasteiger partial charge in [0.1, 0.15) is 29.0 Å². The van der Waals surface area contributed by atoms with Crippen molar-refractivity contribution < 1.29 is 4.74 Å². The quantitative estimate of drug-likeness (QED) is 0.489. The maximum atomic E-state index is 6.41. The van der Waals surface area contributed by atoms with Gasteiger partial charge in [0, 0.05) is 0 Å². The van der Waals surface area contributed by atoms with Gasteiger partial charge in [0.05, 0.1) is 5.56 Å². The molecule has 124 valence electrons. The highest BCUT2D eigenvalue weighted by atomic mass is 35.5. The van der Waals surface area contributed by atoms with Crippen LogP contribution in [0.2, 0.25) is 10.3 Å². The highest BCUT2D eigenvalue weighted by molar-refractivity contribution is 6.38. The van der Waals surface area contributed by atoms with E-state index in [1.807, 2.05) is 54.6 Å². The number of benzene rings is 2. The molecule has 4 aromatic rings. The Labute approximate surface area is 153 Å². The number of ether oxygens (including phenoxy) is 1. The Bertz CT molecular complexity index is 1020. The Morgan fingerprint density at radius 3 is 2.48 bits per heavy atom. The monoisotopic (exact) mass is 370 g/mol. The normalized spacial score (nSPS) is 11.0. The van der Waals surface area contributed by atoms with Crippen molar-refractivity contribution in [1.82, 2.24) is 19.6 Å². The number of hydrogen-bond acceptors (Lipinski definition) is 4. The molecule has 0 aliphatic heterocycles. The van der Waals surface area contributed by atoms with Crippen LogP contribution in [0.5, 0.6) is 5.75 Å². The highest BCUT2D eigenvalue weighted by Crippen LogP contribution is 2.34. The van der Waals surface area contributed by atoms with E-state index in [2.05, 4.69) is 15.1 Å². The molecule has 0 saturated carbocycles. The van der Waals surface area contributed by atoms with E-state index in [0.29, 0.717) is 23.1 Å². The lowest BCUT2D eigenvalue weighted by Crippen LogP contribution is -1.98. The topological polar surface area (TPSA) is 52.3 Å². The first-order valence-electron chi connectivity index (χ1n) is 7.54. The molecular weight excluding hydrogens is 359 g/mol. The van der Waals surface area contributed by atoms with Crippen LogP contribution in [-0.2, 0) is 6.61 Å². The third kappa shape index (κ3) is 3.16. The molecule has 0 saturated heterocycles. The van der Waals surface area contributed by atoms with Gasteiger partial charge in [-0.15, -0.1) is 0 Å². The van der Waals surface area contributed by atoms with Crippen LogP contribution < -0.4 is 4.74 Å². The van der Waals surface area contributed by atoms with Crippen LogP contribution in [0.25, 0.3) is 16.9 Å². The molecule has 0 bridgehead atoms. The summed E-state index contributed by atoms with van der Waals surface area (Å²) in [6.45, 7) is 0.508. The van der Waals surface area contributed by atoms with E-state index >= 15 is 0 Å². The molecule has 0 fully saturated rings. The summed E-state index contributed by atoms with van der Waals surface area (Å²) < 4.78 is 7.24. The van der Waals surface area contributed by atoms with Gasteiger partial charge in [0.15, 0.2) is 0 Å². The average molecular weight is 371 g/mol. The van der Waals surface area contributed by atoms with Crippen LogP contribution in [0.4, 0.5) is 0 Å². The van der Waals surface area contributed by atoms with Crippen LogP contribution in [0.15, 0.2) is 60.9 Å². The summed E-state index contributed by atoms with van der Waals surface area (Å²) in [7, 11) is 0. The summed E-state index contributed by atoms with van der Waals surface area (Å²) in [6.07, 6.45) is 1.38. The fraction of sp³-hybridized carbons (Fsp3) is 0.0556. The second-order valence-electron chi connectivity index (χ2n) is 5.34. The Balaban J connectivity index is 1.60. The summed E-state index contributed by atoms with van der Waals surface area (Å²) in [4.78, 5) is 8.20. The van der Waals surface area contributed by atoms with Crippen molar-refractivity contribution in [3.8, 4) is 16.9 Å². The van der Waals surface area contributed by atoms with Crippen LogP contribution in [0.3, 0.4) is 0 Å². The largest absolute Gasteiger partial charge is 0.489 e. The van der Waals surface area contributed by atoms with Gasteiger partial charge in [0.25, 0.3) is 5.78 Å². The lowest BCUT2D eigenvalue weighted by molar-refractivity contribution is 0.306. The number of aromatic nitrogens is 4. The minimum atomic E-state index is 0.281. The fourth-order valence-electron chi connectivity index (χ4n) is 2.48.